The molecule has 0 spiro atoms. The third-order valence-electron chi connectivity index (χ3n) is 3.32. The third kappa shape index (κ3) is 4.45. The van der Waals surface area contributed by atoms with Crippen molar-refractivity contribution in [2.45, 2.75) is 32.7 Å². The number of amides is 1. The van der Waals surface area contributed by atoms with E-state index in [0.29, 0.717) is 6.54 Å². The summed E-state index contributed by atoms with van der Waals surface area (Å²) in [5, 5.41) is 0. The number of hydrogen-bond acceptors (Lipinski definition) is 6. The van der Waals surface area contributed by atoms with Gasteiger partial charge in [0.1, 0.15) is 6.26 Å². The normalized spacial score (nSPS) is 10.5. The zero-order valence-electron chi connectivity index (χ0n) is 13.3. The second kappa shape index (κ2) is 8.17. The molecule has 124 valence electrons. The van der Waals surface area contributed by atoms with Crippen LogP contribution >= 0.6 is 0 Å². The van der Waals surface area contributed by atoms with E-state index in [-0.39, 0.29) is 29.8 Å². The van der Waals surface area contributed by atoms with Crippen LogP contribution in [0.2, 0.25) is 0 Å². The number of furan rings is 1. The monoisotopic (exact) mass is 320 g/mol. The van der Waals surface area contributed by atoms with Crippen molar-refractivity contribution in [1.29, 1.82) is 0 Å². The molecule has 0 aliphatic heterocycles. The number of carbonyl (C=O) groups excluding carboxylic acids is 2. The Bertz CT molecular complexity index is 633. The summed E-state index contributed by atoms with van der Waals surface area (Å²) >= 11 is 0. The molecule has 0 N–H and O–H groups in total. The van der Waals surface area contributed by atoms with Crippen molar-refractivity contribution in [3.8, 4) is 0 Å². The molecule has 0 aliphatic rings. The van der Waals surface area contributed by atoms with E-state index in [0.717, 1.165) is 19.3 Å². The van der Waals surface area contributed by atoms with Crippen LogP contribution < -0.4 is 0 Å². The van der Waals surface area contributed by atoms with Crippen molar-refractivity contribution in [2.75, 3.05) is 13.7 Å². The SMILES string of the molecule is CCCCCN(Cc1nc(C(=O)OC)co1)C(=O)c1ccco1. The van der Waals surface area contributed by atoms with Crippen LogP contribution in [0.4, 0.5) is 0 Å². The Morgan fingerprint density at radius 3 is 2.78 bits per heavy atom. The lowest BCUT2D eigenvalue weighted by atomic mass is 10.2. The number of aromatic nitrogens is 1. The fraction of sp³-hybridized carbons (Fsp3) is 0.438. The van der Waals surface area contributed by atoms with Crippen molar-refractivity contribution in [3.05, 3.63) is 42.0 Å². The highest BCUT2D eigenvalue weighted by Crippen LogP contribution is 2.13. The average Bonchev–Trinajstić information content (AvgIpc) is 3.24. The van der Waals surface area contributed by atoms with Gasteiger partial charge in [0.2, 0.25) is 5.89 Å². The summed E-state index contributed by atoms with van der Waals surface area (Å²) in [6.45, 7) is 2.82. The summed E-state index contributed by atoms with van der Waals surface area (Å²) in [5.41, 5.74) is 0.0847. The van der Waals surface area contributed by atoms with Crippen LogP contribution in [0.15, 0.2) is 33.5 Å². The summed E-state index contributed by atoms with van der Waals surface area (Å²) in [4.78, 5) is 29.5. The lowest BCUT2D eigenvalue weighted by Crippen LogP contribution is -2.31. The molecule has 1 amide bonds. The lowest BCUT2D eigenvalue weighted by molar-refractivity contribution is 0.0594. The Morgan fingerprint density at radius 2 is 2.13 bits per heavy atom. The molecule has 0 aliphatic carbocycles. The number of rotatable bonds is 8. The maximum Gasteiger partial charge on any atom is 0.360 e. The number of hydrogen-bond donors (Lipinski definition) is 0. The van der Waals surface area contributed by atoms with Crippen molar-refractivity contribution in [1.82, 2.24) is 9.88 Å². The molecule has 2 rings (SSSR count). The summed E-state index contributed by atoms with van der Waals surface area (Å²) in [6, 6.07) is 3.28. The van der Waals surface area contributed by atoms with E-state index in [1.165, 1.54) is 19.6 Å². The van der Waals surface area contributed by atoms with Gasteiger partial charge in [0, 0.05) is 6.54 Å². The first-order chi connectivity index (χ1) is 11.2. The average molecular weight is 320 g/mol. The quantitative estimate of drug-likeness (QED) is 0.549. The standard InChI is InChI=1S/C16H20N2O5/c1-3-4-5-8-18(15(19)13-7-6-9-22-13)10-14-17-12(11-23-14)16(20)21-2/h6-7,9,11H,3-5,8,10H2,1-2H3. The topological polar surface area (TPSA) is 85.8 Å². The van der Waals surface area contributed by atoms with Crippen LogP contribution in [0.3, 0.4) is 0 Å². The molecular weight excluding hydrogens is 300 g/mol. The minimum Gasteiger partial charge on any atom is -0.464 e. The highest BCUT2D eigenvalue weighted by atomic mass is 16.5. The second-order valence-corrected chi connectivity index (χ2v) is 5.03. The van der Waals surface area contributed by atoms with Gasteiger partial charge in [0.05, 0.1) is 19.9 Å². The molecule has 7 heteroatoms. The van der Waals surface area contributed by atoms with Gasteiger partial charge in [-0.05, 0) is 18.6 Å². The maximum absolute atomic E-state index is 12.5. The Labute approximate surface area is 134 Å². The van der Waals surface area contributed by atoms with Crippen LogP contribution in [-0.4, -0.2) is 35.4 Å². The maximum atomic E-state index is 12.5. The van der Waals surface area contributed by atoms with Gasteiger partial charge in [-0.15, -0.1) is 0 Å². The molecule has 23 heavy (non-hydrogen) atoms. The molecule has 0 saturated carbocycles. The van der Waals surface area contributed by atoms with Crippen molar-refractivity contribution in [2.24, 2.45) is 0 Å². The van der Waals surface area contributed by atoms with E-state index >= 15 is 0 Å². The van der Waals surface area contributed by atoms with Crippen LogP contribution in [0.5, 0.6) is 0 Å². The lowest BCUT2D eigenvalue weighted by Gasteiger charge is -2.19. The Kier molecular flexibility index (Phi) is 5.96. The Morgan fingerprint density at radius 1 is 1.30 bits per heavy atom. The van der Waals surface area contributed by atoms with Crippen LogP contribution in [0, 0.1) is 0 Å². The van der Waals surface area contributed by atoms with Crippen LogP contribution in [-0.2, 0) is 11.3 Å². The van der Waals surface area contributed by atoms with Gasteiger partial charge in [-0.1, -0.05) is 19.8 Å². The molecule has 0 radical (unpaired) electrons. The number of methoxy groups -OCH3 is 1. The Balaban J connectivity index is 2.08. The summed E-state index contributed by atoms with van der Waals surface area (Å²) < 4.78 is 15.0. The van der Waals surface area contributed by atoms with E-state index in [9.17, 15) is 9.59 Å². The zero-order valence-corrected chi connectivity index (χ0v) is 13.3. The zero-order chi connectivity index (χ0) is 16.7. The fourth-order valence-corrected chi connectivity index (χ4v) is 2.11. The third-order valence-corrected chi connectivity index (χ3v) is 3.32. The molecular formula is C16H20N2O5. The van der Waals surface area contributed by atoms with Crippen molar-refractivity contribution < 1.29 is 23.2 Å². The predicted octanol–water partition coefficient (Wildman–Crippen LogP) is 2.89. The van der Waals surface area contributed by atoms with E-state index in [1.54, 1.807) is 17.0 Å². The van der Waals surface area contributed by atoms with Gasteiger partial charge < -0.3 is 18.5 Å². The van der Waals surface area contributed by atoms with Crippen LogP contribution in [0.25, 0.3) is 0 Å². The second-order valence-electron chi connectivity index (χ2n) is 5.03. The minimum atomic E-state index is -0.574. The van der Waals surface area contributed by atoms with Crippen molar-refractivity contribution >= 4 is 11.9 Å². The molecule has 0 atom stereocenters. The molecule has 0 unspecified atom stereocenters. The molecule has 2 aromatic rings. The molecule has 2 heterocycles. The van der Waals surface area contributed by atoms with Gasteiger partial charge >= 0.3 is 5.97 Å². The highest BCUT2D eigenvalue weighted by Gasteiger charge is 2.21. The van der Waals surface area contributed by atoms with Gasteiger partial charge in [0.25, 0.3) is 5.91 Å². The molecule has 0 bridgehead atoms. The van der Waals surface area contributed by atoms with Gasteiger partial charge in [-0.3, -0.25) is 4.79 Å². The molecule has 0 saturated heterocycles. The number of esters is 1. The molecule has 0 fully saturated rings. The predicted molar refractivity (Wildman–Crippen MR) is 80.8 cm³/mol. The number of nitrogens with zero attached hydrogens (tertiary/aromatic N) is 2. The molecule has 7 nitrogen and oxygen atoms in total. The summed E-state index contributed by atoms with van der Waals surface area (Å²) in [5.74, 6) is -0.262. The first-order valence-electron chi connectivity index (χ1n) is 7.51. The van der Waals surface area contributed by atoms with E-state index < -0.39 is 5.97 Å². The number of oxazole rings is 1. The van der Waals surface area contributed by atoms with E-state index in [1.807, 2.05) is 0 Å². The summed E-state index contributed by atoms with van der Waals surface area (Å²) in [7, 11) is 1.27. The Hall–Kier alpha value is -2.57. The smallest absolute Gasteiger partial charge is 0.360 e. The number of unbranched alkanes of at least 4 members (excludes halogenated alkanes) is 2. The van der Waals surface area contributed by atoms with Gasteiger partial charge in [-0.2, -0.15) is 0 Å². The van der Waals surface area contributed by atoms with Gasteiger partial charge in [0.15, 0.2) is 11.5 Å². The highest BCUT2D eigenvalue weighted by molar-refractivity contribution is 5.91. The fourth-order valence-electron chi connectivity index (χ4n) is 2.11. The molecule has 0 aromatic carbocycles. The minimum absolute atomic E-state index is 0.0847. The number of carbonyl (C=O) groups is 2. The van der Waals surface area contributed by atoms with Gasteiger partial charge in [-0.25, -0.2) is 9.78 Å². The van der Waals surface area contributed by atoms with Crippen molar-refractivity contribution in [3.63, 3.8) is 0 Å². The molecule has 2 aromatic heterocycles. The summed E-state index contributed by atoms with van der Waals surface area (Å²) in [6.07, 6.45) is 5.61. The van der Waals surface area contributed by atoms with Crippen LogP contribution in [0.1, 0.15) is 53.1 Å². The first-order valence-corrected chi connectivity index (χ1v) is 7.51. The largest absolute Gasteiger partial charge is 0.464 e. The first kappa shape index (κ1) is 16.8. The van der Waals surface area contributed by atoms with E-state index in [2.05, 4.69) is 16.6 Å². The van der Waals surface area contributed by atoms with E-state index in [4.69, 9.17) is 8.83 Å². The number of ether oxygens (including phenoxy) is 1.